The molecule has 0 N–H and O–H groups in total. The molecule has 0 saturated heterocycles. The lowest BCUT2D eigenvalue weighted by molar-refractivity contribution is 0.147. The first-order valence-electron chi connectivity index (χ1n) is 7.52. The Hall–Kier alpha value is -1.42. The van der Waals surface area contributed by atoms with Crippen LogP contribution in [0.2, 0.25) is 0 Å². The second kappa shape index (κ2) is 6.84. The molecule has 1 aromatic rings. The number of rotatable bonds is 5. The molecule has 0 bridgehead atoms. The number of ether oxygens (including phenoxy) is 1. The zero-order valence-electron chi connectivity index (χ0n) is 13.0. The number of anilines is 1. The molecule has 0 amide bonds. The van der Waals surface area contributed by atoms with Gasteiger partial charge in [-0.1, -0.05) is 19.9 Å². The molecule has 4 heteroatoms. The van der Waals surface area contributed by atoms with E-state index in [1.165, 1.54) is 10.4 Å². The smallest absolute Gasteiger partial charge is 0.158 e. The van der Waals surface area contributed by atoms with E-state index in [4.69, 9.17) is 4.74 Å². The maximum Gasteiger partial charge on any atom is 0.158 e. The maximum atomic E-state index is 5.55. The van der Waals surface area contributed by atoms with Crippen LogP contribution in [0.5, 0.6) is 0 Å². The zero-order valence-corrected chi connectivity index (χ0v) is 13.0. The Morgan fingerprint density at radius 3 is 2.75 bits per heavy atom. The van der Waals surface area contributed by atoms with E-state index < -0.39 is 0 Å². The summed E-state index contributed by atoms with van der Waals surface area (Å²) in [6, 6.07) is 0. The number of hydrogen-bond donors (Lipinski definition) is 0. The van der Waals surface area contributed by atoms with Gasteiger partial charge in [0.05, 0.1) is 11.8 Å². The molecule has 0 aromatic carbocycles. The average Bonchev–Trinajstić information content (AvgIpc) is 2.68. The van der Waals surface area contributed by atoms with Gasteiger partial charge in [-0.15, -0.1) is 5.10 Å². The van der Waals surface area contributed by atoms with Crippen molar-refractivity contribution in [1.29, 1.82) is 0 Å². The molecular weight excluding hydrogens is 250 g/mol. The van der Waals surface area contributed by atoms with Crippen molar-refractivity contribution < 1.29 is 4.74 Å². The summed E-state index contributed by atoms with van der Waals surface area (Å²) < 4.78 is 5.55. The Morgan fingerprint density at radius 1 is 1.30 bits per heavy atom. The molecule has 0 saturated carbocycles. The zero-order chi connectivity index (χ0) is 14.5. The molecule has 1 aliphatic carbocycles. The molecule has 0 spiro atoms. The van der Waals surface area contributed by atoms with Crippen molar-refractivity contribution in [3.05, 3.63) is 16.1 Å². The Morgan fingerprint density at radius 2 is 2.10 bits per heavy atom. The Labute approximate surface area is 121 Å². The van der Waals surface area contributed by atoms with Gasteiger partial charge >= 0.3 is 0 Å². The summed E-state index contributed by atoms with van der Waals surface area (Å²) >= 11 is 0. The summed E-state index contributed by atoms with van der Waals surface area (Å²) in [4.78, 5) is 2.19. The normalized spacial score (nSPS) is 17.7. The monoisotopic (exact) mass is 275 g/mol. The molecule has 110 valence electrons. The van der Waals surface area contributed by atoms with Crippen LogP contribution >= 0.6 is 0 Å². The van der Waals surface area contributed by atoms with Crippen LogP contribution in [-0.2, 0) is 11.2 Å². The maximum absolute atomic E-state index is 5.55. The van der Waals surface area contributed by atoms with Gasteiger partial charge in [0.1, 0.15) is 0 Å². The van der Waals surface area contributed by atoms with Crippen LogP contribution in [-0.4, -0.2) is 37.0 Å². The summed E-state index contributed by atoms with van der Waals surface area (Å²) in [6.07, 6.45) is 8.73. The van der Waals surface area contributed by atoms with Crippen LogP contribution in [0.4, 0.5) is 5.82 Å². The standard InChI is InChI=1S/C16H25N3O/c1-5-10-19(3)16-14-11-12(20-4)8-7-9-13(14)15(6-2)17-18-16/h9,11-12H,5-8,10H2,1-4H3. The first-order valence-corrected chi connectivity index (χ1v) is 7.52. The van der Waals surface area contributed by atoms with E-state index in [0.717, 1.165) is 43.7 Å². The Balaban J connectivity index is 2.65. The van der Waals surface area contributed by atoms with Crippen molar-refractivity contribution in [3.63, 3.8) is 0 Å². The van der Waals surface area contributed by atoms with Crippen molar-refractivity contribution in [2.75, 3.05) is 25.6 Å². The number of nitrogens with zero attached hydrogens (tertiary/aromatic N) is 3. The fourth-order valence-electron chi connectivity index (χ4n) is 2.71. The van der Waals surface area contributed by atoms with Gasteiger partial charge in [-0.25, -0.2) is 0 Å². The van der Waals surface area contributed by atoms with Crippen LogP contribution in [0.1, 0.15) is 38.8 Å². The molecule has 1 heterocycles. The van der Waals surface area contributed by atoms with Crippen molar-refractivity contribution in [2.24, 2.45) is 0 Å². The van der Waals surface area contributed by atoms with Gasteiger partial charge in [0.2, 0.25) is 0 Å². The van der Waals surface area contributed by atoms with Gasteiger partial charge in [-0.05, 0) is 31.8 Å². The molecule has 1 unspecified atom stereocenters. The van der Waals surface area contributed by atoms with Crippen molar-refractivity contribution >= 4 is 18.0 Å². The van der Waals surface area contributed by atoms with Gasteiger partial charge < -0.3 is 9.64 Å². The highest BCUT2D eigenvalue weighted by atomic mass is 16.5. The fraction of sp³-hybridized carbons (Fsp3) is 0.625. The highest BCUT2D eigenvalue weighted by Crippen LogP contribution is 2.08. The number of hydrogen-bond acceptors (Lipinski definition) is 4. The molecule has 0 aliphatic heterocycles. The number of methoxy groups -OCH3 is 1. The number of aryl methyl sites for hydroxylation is 1. The minimum atomic E-state index is 0.162. The van der Waals surface area contributed by atoms with Crippen molar-refractivity contribution in [2.45, 2.75) is 45.6 Å². The molecule has 1 aromatic heterocycles. The quantitative estimate of drug-likeness (QED) is 0.811. The first kappa shape index (κ1) is 15.0. The van der Waals surface area contributed by atoms with E-state index in [2.05, 4.69) is 48.1 Å². The molecule has 0 radical (unpaired) electrons. The predicted octanol–water partition coefficient (Wildman–Crippen LogP) is 1.25. The van der Waals surface area contributed by atoms with E-state index in [9.17, 15) is 0 Å². The van der Waals surface area contributed by atoms with Gasteiger partial charge in [-0.2, -0.15) is 5.10 Å². The second-order valence-electron chi connectivity index (χ2n) is 5.30. The first-order chi connectivity index (χ1) is 9.71. The summed E-state index contributed by atoms with van der Waals surface area (Å²) in [6.45, 7) is 5.29. The molecule has 2 rings (SSSR count). The SMILES string of the molecule is CCCN(C)c1nnc(CC)c2c1=CC(OC)CCC=2. The highest BCUT2D eigenvalue weighted by Gasteiger charge is 2.13. The van der Waals surface area contributed by atoms with Gasteiger partial charge in [0.15, 0.2) is 5.82 Å². The number of fused-ring (bicyclic) bond motifs is 1. The van der Waals surface area contributed by atoms with E-state index in [-0.39, 0.29) is 6.10 Å². The summed E-state index contributed by atoms with van der Waals surface area (Å²) in [5.41, 5.74) is 1.08. The number of aromatic nitrogens is 2. The molecule has 4 nitrogen and oxygen atoms in total. The van der Waals surface area contributed by atoms with Crippen LogP contribution in [0, 0.1) is 0 Å². The van der Waals surface area contributed by atoms with Crippen LogP contribution in [0.3, 0.4) is 0 Å². The van der Waals surface area contributed by atoms with E-state index >= 15 is 0 Å². The van der Waals surface area contributed by atoms with Crippen LogP contribution < -0.4 is 15.3 Å². The summed E-state index contributed by atoms with van der Waals surface area (Å²) in [5, 5.41) is 11.3. The average molecular weight is 275 g/mol. The fourth-order valence-corrected chi connectivity index (χ4v) is 2.71. The largest absolute Gasteiger partial charge is 0.377 e. The van der Waals surface area contributed by atoms with E-state index in [1.807, 2.05) is 0 Å². The minimum absolute atomic E-state index is 0.162. The lowest BCUT2D eigenvalue weighted by atomic mass is 10.2. The third-order valence-corrected chi connectivity index (χ3v) is 3.82. The van der Waals surface area contributed by atoms with E-state index in [1.54, 1.807) is 7.11 Å². The van der Waals surface area contributed by atoms with Gasteiger partial charge in [0, 0.05) is 31.1 Å². The summed E-state index contributed by atoms with van der Waals surface area (Å²) in [5.74, 6) is 0.972. The minimum Gasteiger partial charge on any atom is -0.377 e. The Bertz CT molecular complexity index is 568. The van der Waals surface area contributed by atoms with Crippen LogP contribution in [0.25, 0.3) is 12.2 Å². The van der Waals surface area contributed by atoms with Crippen molar-refractivity contribution in [1.82, 2.24) is 10.2 Å². The molecule has 0 fully saturated rings. The van der Waals surface area contributed by atoms with Gasteiger partial charge in [0.25, 0.3) is 0 Å². The molecule has 1 atom stereocenters. The molecule has 1 aliphatic rings. The Kier molecular flexibility index (Phi) is 5.12. The predicted molar refractivity (Wildman–Crippen MR) is 83.2 cm³/mol. The molecular formula is C16H25N3O. The summed E-state index contributed by atoms with van der Waals surface area (Å²) in [7, 11) is 3.86. The van der Waals surface area contributed by atoms with Crippen molar-refractivity contribution in [3.8, 4) is 0 Å². The topological polar surface area (TPSA) is 38.2 Å². The third-order valence-electron chi connectivity index (χ3n) is 3.82. The second-order valence-corrected chi connectivity index (χ2v) is 5.30. The lowest BCUT2D eigenvalue weighted by Gasteiger charge is -2.18. The van der Waals surface area contributed by atoms with Gasteiger partial charge in [-0.3, -0.25) is 0 Å². The van der Waals surface area contributed by atoms with E-state index in [0.29, 0.717) is 0 Å². The highest BCUT2D eigenvalue weighted by molar-refractivity contribution is 5.50. The lowest BCUT2D eigenvalue weighted by Crippen LogP contribution is -2.38. The molecule has 20 heavy (non-hydrogen) atoms. The van der Waals surface area contributed by atoms with Crippen LogP contribution in [0.15, 0.2) is 0 Å². The third kappa shape index (κ3) is 3.01.